The number of rotatable bonds is 0. The van der Waals surface area contributed by atoms with Gasteiger partial charge < -0.3 is 9.64 Å². The first kappa shape index (κ1) is 23.5. The Morgan fingerprint density at radius 3 is 2.83 bits per heavy atom. The summed E-state index contributed by atoms with van der Waals surface area (Å²) in [6.07, 6.45) is 13.4. The van der Waals surface area contributed by atoms with E-state index in [0.717, 1.165) is 49.5 Å². The van der Waals surface area contributed by atoms with Crippen LogP contribution >= 0.6 is 0 Å². The summed E-state index contributed by atoms with van der Waals surface area (Å²) >= 11 is 0. The zero-order valence-corrected chi connectivity index (χ0v) is 23.0. The van der Waals surface area contributed by atoms with Gasteiger partial charge in [0.25, 0.3) is 0 Å². The topological polar surface area (TPSA) is 58.2 Å². The van der Waals surface area contributed by atoms with Crippen LogP contribution < -0.4 is 0 Å². The van der Waals surface area contributed by atoms with E-state index < -0.39 is 0 Å². The van der Waals surface area contributed by atoms with Gasteiger partial charge in [0.05, 0.1) is 23.9 Å². The van der Waals surface area contributed by atoms with Gasteiger partial charge in [-0.15, -0.1) is 0 Å². The van der Waals surface area contributed by atoms with Crippen molar-refractivity contribution in [3.05, 3.63) is 28.6 Å². The van der Waals surface area contributed by atoms with Crippen molar-refractivity contribution in [3.63, 3.8) is 0 Å². The second-order valence-electron chi connectivity index (χ2n) is 14.1. The predicted molar refractivity (Wildman–Crippen MR) is 140 cm³/mol. The van der Waals surface area contributed by atoms with Crippen molar-refractivity contribution in [2.75, 3.05) is 6.54 Å². The first-order valence-corrected chi connectivity index (χ1v) is 14.8. The number of piperidine rings is 1. The third-order valence-electron chi connectivity index (χ3n) is 12.4. The smallest absolute Gasteiger partial charge is 0.219 e. The normalized spacial score (nSPS) is 47.6. The van der Waals surface area contributed by atoms with Crippen LogP contribution in [0.4, 0.5) is 0 Å². The molecule has 0 bridgehead atoms. The third-order valence-corrected chi connectivity index (χ3v) is 12.4. The zero-order valence-electron chi connectivity index (χ0n) is 23.0. The Labute approximate surface area is 216 Å². The van der Waals surface area contributed by atoms with E-state index in [1.165, 1.54) is 49.8 Å². The number of hydrogen-bond donors (Lipinski definition) is 1. The van der Waals surface area contributed by atoms with Gasteiger partial charge in [-0.2, -0.15) is 5.10 Å². The minimum absolute atomic E-state index is 0.0956. The average Bonchev–Trinajstić information content (AvgIpc) is 3.47. The number of hydrogen-bond acceptors (Lipinski definition) is 3. The Kier molecular flexibility index (Phi) is 5.18. The van der Waals surface area contributed by atoms with Crippen molar-refractivity contribution in [1.82, 2.24) is 15.1 Å². The molecule has 10 unspecified atom stereocenters. The molecular formula is C31H45N3O2. The number of carbonyl (C=O) groups excluding carboxylic acids is 1. The van der Waals surface area contributed by atoms with E-state index in [-0.39, 0.29) is 23.7 Å². The lowest BCUT2D eigenvalue weighted by Crippen LogP contribution is -2.53. The van der Waals surface area contributed by atoms with Crippen molar-refractivity contribution in [2.24, 2.45) is 40.9 Å². The molecule has 7 rings (SSSR count). The molecule has 4 aliphatic carbocycles. The van der Waals surface area contributed by atoms with Crippen LogP contribution in [0.1, 0.15) is 90.8 Å². The van der Waals surface area contributed by atoms with Crippen LogP contribution in [-0.2, 0) is 22.4 Å². The Morgan fingerprint density at radius 2 is 2.03 bits per heavy atom. The van der Waals surface area contributed by atoms with Gasteiger partial charge in [0.2, 0.25) is 5.91 Å². The van der Waals surface area contributed by atoms with Crippen LogP contribution in [0.25, 0.3) is 0 Å². The fourth-order valence-electron chi connectivity index (χ4n) is 10.6. The fourth-order valence-corrected chi connectivity index (χ4v) is 10.6. The molecule has 2 aliphatic heterocycles. The zero-order chi connectivity index (χ0) is 25.0. The van der Waals surface area contributed by atoms with Crippen molar-refractivity contribution in [3.8, 4) is 0 Å². The lowest BCUT2D eigenvalue weighted by Gasteiger charge is -2.52. The molecule has 0 radical (unpaired) electrons. The van der Waals surface area contributed by atoms with Crippen molar-refractivity contribution >= 4 is 5.91 Å². The number of likely N-dealkylation sites (tertiary alicyclic amines) is 1. The number of nitrogens with zero attached hydrogens (tertiary/aromatic N) is 2. The van der Waals surface area contributed by atoms with Gasteiger partial charge in [-0.3, -0.25) is 9.89 Å². The molecule has 1 amide bonds. The van der Waals surface area contributed by atoms with Gasteiger partial charge >= 0.3 is 0 Å². The molecule has 2 saturated heterocycles. The molecular weight excluding hydrogens is 446 g/mol. The largest absolute Gasteiger partial charge is 0.369 e. The first-order valence-electron chi connectivity index (χ1n) is 14.8. The number of H-pyrrole nitrogens is 1. The number of fused-ring (bicyclic) bond motifs is 7. The summed E-state index contributed by atoms with van der Waals surface area (Å²) in [6, 6.07) is 0.253. The third kappa shape index (κ3) is 3.16. The summed E-state index contributed by atoms with van der Waals surface area (Å²) in [5.41, 5.74) is 6.61. The maximum Gasteiger partial charge on any atom is 0.219 e. The highest BCUT2D eigenvalue weighted by Gasteiger charge is 2.60. The number of allylic oxidation sites excluding steroid dienone is 1. The molecule has 1 aromatic heterocycles. The summed E-state index contributed by atoms with van der Waals surface area (Å²) in [5, 5.41) is 7.70. The molecule has 0 aromatic carbocycles. The number of carbonyl (C=O) groups is 1. The minimum atomic E-state index is -0.0956. The maximum atomic E-state index is 12.6. The van der Waals surface area contributed by atoms with Crippen LogP contribution in [-0.4, -0.2) is 45.3 Å². The summed E-state index contributed by atoms with van der Waals surface area (Å²) in [4.78, 5) is 14.8. The van der Waals surface area contributed by atoms with Gasteiger partial charge in [-0.1, -0.05) is 31.9 Å². The molecule has 6 aliphatic rings. The quantitative estimate of drug-likeness (QED) is 0.473. The summed E-state index contributed by atoms with van der Waals surface area (Å²) < 4.78 is 7.11. The van der Waals surface area contributed by atoms with E-state index >= 15 is 0 Å². The molecule has 1 spiro atoms. The summed E-state index contributed by atoms with van der Waals surface area (Å²) in [5.74, 6) is 4.31. The lowest BCUT2D eigenvalue weighted by molar-refractivity contribution is -0.137. The van der Waals surface area contributed by atoms with E-state index in [2.05, 4.69) is 49.0 Å². The fraction of sp³-hybridized carbons (Fsp3) is 0.806. The summed E-state index contributed by atoms with van der Waals surface area (Å²) in [7, 11) is 0. The molecule has 10 atom stereocenters. The Balaban J connectivity index is 1.18. The highest BCUT2D eigenvalue weighted by atomic mass is 16.5. The predicted octanol–water partition coefficient (Wildman–Crippen LogP) is 5.71. The van der Waals surface area contributed by atoms with Crippen LogP contribution in [0.3, 0.4) is 0 Å². The van der Waals surface area contributed by atoms with Gasteiger partial charge in [0, 0.05) is 25.1 Å². The van der Waals surface area contributed by atoms with Crippen molar-refractivity contribution in [2.45, 2.75) is 110 Å². The van der Waals surface area contributed by atoms with Crippen LogP contribution in [0.5, 0.6) is 0 Å². The Hall–Kier alpha value is -1.62. The van der Waals surface area contributed by atoms with E-state index in [0.29, 0.717) is 17.3 Å². The van der Waals surface area contributed by atoms with E-state index in [9.17, 15) is 4.79 Å². The highest BCUT2D eigenvalue weighted by molar-refractivity contribution is 5.74. The second kappa shape index (κ2) is 7.94. The van der Waals surface area contributed by atoms with Gasteiger partial charge in [-0.25, -0.2) is 0 Å². The van der Waals surface area contributed by atoms with E-state index in [1.807, 2.05) is 0 Å². The van der Waals surface area contributed by atoms with Crippen LogP contribution in [0.15, 0.2) is 17.3 Å². The van der Waals surface area contributed by atoms with Gasteiger partial charge in [-0.05, 0) is 105 Å². The Morgan fingerprint density at radius 1 is 1.19 bits per heavy atom. The minimum Gasteiger partial charge on any atom is -0.369 e. The summed E-state index contributed by atoms with van der Waals surface area (Å²) in [6.45, 7) is 12.4. The van der Waals surface area contributed by atoms with E-state index in [4.69, 9.17) is 4.74 Å². The monoisotopic (exact) mass is 491 g/mol. The van der Waals surface area contributed by atoms with Gasteiger partial charge in [0.15, 0.2) is 0 Å². The molecule has 1 N–H and O–H groups in total. The highest BCUT2D eigenvalue weighted by Crippen LogP contribution is 2.64. The molecule has 2 saturated carbocycles. The first-order chi connectivity index (χ1) is 17.2. The number of ether oxygens (including phenoxy) is 1. The molecule has 5 nitrogen and oxygen atoms in total. The molecule has 36 heavy (non-hydrogen) atoms. The molecule has 196 valence electrons. The molecule has 4 fully saturated rings. The van der Waals surface area contributed by atoms with E-state index in [1.54, 1.807) is 18.1 Å². The van der Waals surface area contributed by atoms with Crippen LogP contribution in [0, 0.1) is 40.9 Å². The number of amides is 1. The van der Waals surface area contributed by atoms with Crippen LogP contribution in [0.2, 0.25) is 0 Å². The Bertz CT molecular complexity index is 1110. The van der Waals surface area contributed by atoms with Crippen molar-refractivity contribution in [1.29, 1.82) is 0 Å². The maximum absolute atomic E-state index is 12.6. The number of nitrogens with one attached hydrogen (secondary N) is 1. The number of aromatic nitrogens is 2. The van der Waals surface area contributed by atoms with Crippen molar-refractivity contribution < 1.29 is 9.53 Å². The molecule has 3 heterocycles. The second-order valence-corrected chi connectivity index (χ2v) is 14.1. The van der Waals surface area contributed by atoms with Gasteiger partial charge in [0.1, 0.15) is 0 Å². The standard InChI is InChI=1S/C31H45N3O2/c1-17-10-28-29(34(16-17)20(4)35)19(3)31(36-28)9-8-23-24-7-6-22-11-27-21(15-32-33-27)14-30(22,5)26(24)12-25(23)18(2)13-31/h15,17,19,22-24,26,28-29H,6-14,16H2,1-5H3,(H,32,33). The SMILES string of the molecule is CC(=O)N1CC(C)CC2OC3(CCC4C(=C(C)C3)CC3C4CCC4Cc5[nH]ncc5CC43C)C(C)C21. The number of aromatic amines is 1. The average molecular weight is 492 g/mol. The lowest BCUT2D eigenvalue weighted by atomic mass is 9.52. The molecule has 5 heteroatoms. The molecule has 1 aromatic rings.